The Hall–Kier alpha value is -2.47. The van der Waals surface area contributed by atoms with Gasteiger partial charge in [-0.05, 0) is 61.9 Å². The summed E-state index contributed by atoms with van der Waals surface area (Å²) < 4.78 is 17.6. The monoisotopic (exact) mass is 368 g/mol. The van der Waals surface area contributed by atoms with Gasteiger partial charge in [0.1, 0.15) is 5.82 Å². The number of aromatic nitrogens is 4. The van der Waals surface area contributed by atoms with Gasteiger partial charge in [-0.15, -0.1) is 0 Å². The first kappa shape index (κ1) is 17.9. The zero-order chi connectivity index (χ0) is 19.2. The first-order chi connectivity index (χ1) is 12.8. The first-order valence-electron chi connectivity index (χ1n) is 9.36. The average Bonchev–Trinajstić information content (AvgIpc) is 3.17. The molecular formula is C21H25FN4O. The second-order valence-electron chi connectivity index (χ2n) is 8.12. The highest BCUT2D eigenvalue weighted by Gasteiger charge is 2.25. The fraction of sp³-hybridized carbons (Fsp3) is 0.429. The van der Waals surface area contributed by atoms with Crippen molar-refractivity contribution >= 4 is 0 Å². The van der Waals surface area contributed by atoms with Crippen LogP contribution in [0, 0.1) is 11.7 Å². The highest BCUT2D eigenvalue weighted by molar-refractivity contribution is 5.68. The van der Waals surface area contributed by atoms with Crippen molar-refractivity contribution in [3.8, 4) is 11.3 Å². The van der Waals surface area contributed by atoms with E-state index in [1.54, 1.807) is 24.6 Å². The van der Waals surface area contributed by atoms with E-state index < -0.39 is 5.60 Å². The summed E-state index contributed by atoms with van der Waals surface area (Å²) in [5.74, 6) is 0.412. The van der Waals surface area contributed by atoms with Gasteiger partial charge < -0.3 is 5.11 Å². The van der Waals surface area contributed by atoms with Crippen molar-refractivity contribution in [3.63, 3.8) is 0 Å². The number of nitrogens with zero attached hydrogens (tertiary/aromatic N) is 4. The molecule has 6 heteroatoms. The van der Waals surface area contributed by atoms with Crippen molar-refractivity contribution in [3.05, 3.63) is 59.3 Å². The maximum atomic E-state index is 13.8. The molecule has 5 nitrogen and oxygen atoms in total. The van der Waals surface area contributed by atoms with E-state index in [0.717, 1.165) is 34.8 Å². The molecule has 142 valence electrons. The Kier molecular flexibility index (Phi) is 4.38. The molecule has 0 aliphatic heterocycles. The van der Waals surface area contributed by atoms with E-state index in [4.69, 9.17) is 0 Å². The van der Waals surface area contributed by atoms with E-state index >= 15 is 0 Å². The molecule has 1 aliphatic carbocycles. The van der Waals surface area contributed by atoms with Gasteiger partial charge in [-0.3, -0.25) is 9.36 Å². The molecule has 1 saturated carbocycles. The number of aliphatic hydroxyl groups is 1. The van der Waals surface area contributed by atoms with Gasteiger partial charge in [0.2, 0.25) is 0 Å². The standard InChI is InChI=1S/C21H25FN4O/c1-21(2,27)19-9-17(22)6-7-18(19)20-16(13-25(3)24-20)8-15-10-23-26(12-15)11-14-4-5-14/h6-7,9-10,12-14,27H,4-5,8,11H2,1-3H3. The van der Waals surface area contributed by atoms with E-state index in [0.29, 0.717) is 12.0 Å². The summed E-state index contributed by atoms with van der Waals surface area (Å²) in [6.07, 6.45) is 9.26. The second-order valence-corrected chi connectivity index (χ2v) is 8.12. The predicted octanol–water partition coefficient (Wildman–Crippen LogP) is 3.65. The lowest BCUT2D eigenvalue weighted by Crippen LogP contribution is -2.17. The lowest BCUT2D eigenvalue weighted by Gasteiger charge is -2.21. The van der Waals surface area contributed by atoms with Crippen LogP contribution in [0.4, 0.5) is 4.39 Å². The maximum Gasteiger partial charge on any atom is 0.123 e. The van der Waals surface area contributed by atoms with Gasteiger partial charge >= 0.3 is 0 Å². The van der Waals surface area contributed by atoms with Crippen molar-refractivity contribution in [1.82, 2.24) is 19.6 Å². The summed E-state index contributed by atoms with van der Waals surface area (Å²) in [5, 5.41) is 19.6. The van der Waals surface area contributed by atoms with Gasteiger partial charge in [0.25, 0.3) is 0 Å². The highest BCUT2D eigenvalue weighted by atomic mass is 19.1. The van der Waals surface area contributed by atoms with Crippen molar-refractivity contribution in [2.24, 2.45) is 13.0 Å². The van der Waals surface area contributed by atoms with Crippen molar-refractivity contribution in [2.75, 3.05) is 0 Å². The molecule has 0 saturated heterocycles. The van der Waals surface area contributed by atoms with Gasteiger partial charge in [0.05, 0.1) is 17.5 Å². The van der Waals surface area contributed by atoms with Crippen LogP contribution in [0.1, 0.15) is 43.4 Å². The molecule has 0 unspecified atom stereocenters. The van der Waals surface area contributed by atoms with Gasteiger partial charge in [0.15, 0.2) is 0 Å². The normalized spacial score (nSPS) is 14.7. The van der Waals surface area contributed by atoms with Gasteiger partial charge in [-0.2, -0.15) is 10.2 Å². The van der Waals surface area contributed by atoms with Gasteiger partial charge in [-0.1, -0.05) is 0 Å². The minimum absolute atomic E-state index is 0.366. The molecule has 0 bridgehead atoms. The number of halogens is 1. The Morgan fingerprint density at radius 2 is 2.04 bits per heavy atom. The molecule has 1 aromatic carbocycles. The molecule has 0 amide bonds. The highest BCUT2D eigenvalue weighted by Crippen LogP contribution is 2.34. The fourth-order valence-corrected chi connectivity index (χ4v) is 3.51. The fourth-order valence-electron chi connectivity index (χ4n) is 3.51. The minimum atomic E-state index is -1.17. The Morgan fingerprint density at radius 3 is 2.74 bits per heavy atom. The number of hydrogen-bond donors (Lipinski definition) is 1. The number of aryl methyl sites for hydroxylation is 1. The van der Waals surface area contributed by atoms with Crippen LogP contribution in [0.25, 0.3) is 11.3 Å². The minimum Gasteiger partial charge on any atom is -0.386 e. The Labute approximate surface area is 158 Å². The zero-order valence-electron chi connectivity index (χ0n) is 16.0. The third-order valence-electron chi connectivity index (χ3n) is 5.02. The molecule has 1 aliphatic rings. The number of benzene rings is 1. The van der Waals surface area contributed by atoms with E-state index in [2.05, 4.69) is 16.4 Å². The largest absolute Gasteiger partial charge is 0.386 e. The van der Waals surface area contributed by atoms with Crippen LogP contribution in [-0.2, 0) is 25.6 Å². The van der Waals surface area contributed by atoms with Crippen molar-refractivity contribution < 1.29 is 9.50 Å². The van der Waals surface area contributed by atoms with E-state index in [9.17, 15) is 9.50 Å². The van der Waals surface area contributed by atoms with Crippen molar-refractivity contribution in [1.29, 1.82) is 0 Å². The molecule has 0 radical (unpaired) electrons. The topological polar surface area (TPSA) is 55.9 Å². The van der Waals surface area contributed by atoms with Crippen LogP contribution in [-0.4, -0.2) is 24.7 Å². The van der Waals surface area contributed by atoms with Crippen LogP contribution in [0.15, 0.2) is 36.8 Å². The number of hydrogen-bond acceptors (Lipinski definition) is 3. The van der Waals surface area contributed by atoms with E-state index in [-0.39, 0.29) is 5.82 Å². The van der Waals surface area contributed by atoms with Crippen LogP contribution in [0.2, 0.25) is 0 Å². The molecule has 27 heavy (non-hydrogen) atoms. The third kappa shape index (κ3) is 3.95. The summed E-state index contributed by atoms with van der Waals surface area (Å²) in [4.78, 5) is 0. The van der Waals surface area contributed by atoms with E-state index in [1.165, 1.54) is 25.0 Å². The SMILES string of the molecule is Cn1cc(Cc2cnn(CC3CC3)c2)c(-c2ccc(F)cc2C(C)(C)O)n1. The molecule has 0 atom stereocenters. The zero-order valence-corrected chi connectivity index (χ0v) is 16.0. The first-order valence-corrected chi connectivity index (χ1v) is 9.36. The Bertz CT molecular complexity index is 963. The van der Waals surface area contributed by atoms with Gasteiger partial charge in [0, 0.05) is 43.5 Å². The molecular weight excluding hydrogens is 343 g/mol. The van der Waals surface area contributed by atoms with Gasteiger partial charge in [-0.25, -0.2) is 4.39 Å². The lowest BCUT2D eigenvalue weighted by molar-refractivity contribution is 0.0788. The summed E-state index contributed by atoms with van der Waals surface area (Å²) in [7, 11) is 1.87. The molecule has 1 fully saturated rings. The quantitative estimate of drug-likeness (QED) is 0.723. The van der Waals surface area contributed by atoms with Crippen LogP contribution in [0.3, 0.4) is 0 Å². The predicted molar refractivity (Wildman–Crippen MR) is 102 cm³/mol. The smallest absolute Gasteiger partial charge is 0.123 e. The summed E-state index contributed by atoms with van der Waals surface area (Å²) in [5.41, 5.74) is 3.04. The molecule has 3 aromatic rings. The molecule has 1 N–H and O–H groups in total. The molecule has 2 aromatic heterocycles. The second kappa shape index (κ2) is 6.60. The maximum absolute atomic E-state index is 13.8. The average molecular weight is 368 g/mol. The van der Waals surface area contributed by atoms with Crippen molar-refractivity contribution in [2.45, 2.75) is 45.3 Å². The summed E-state index contributed by atoms with van der Waals surface area (Å²) in [6.45, 7) is 4.31. The molecule has 2 heterocycles. The Balaban J connectivity index is 1.68. The summed E-state index contributed by atoms with van der Waals surface area (Å²) >= 11 is 0. The molecule has 4 rings (SSSR count). The van der Waals surface area contributed by atoms with Crippen LogP contribution in [0.5, 0.6) is 0 Å². The van der Waals surface area contributed by atoms with Crippen LogP contribution < -0.4 is 0 Å². The Morgan fingerprint density at radius 1 is 1.26 bits per heavy atom. The summed E-state index contributed by atoms with van der Waals surface area (Å²) in [6, 6.07) is 4.50. The lowest BCUT2D eigenvalue weighted by atomic mass is 9.90. The van der Waals surface area contributed by atoms with Crippen LogP contribution >= 0.6 is 0 Å². The third-order valence-corrected chi connectivity index (χ3v) is 5.02. The number of rotatable bonds is 6. The molecule has 0 spiro atoms. The van der Waals surface area contributed by atoms with E-state index in [1.807, 2.05) is 24.1 Å².